The van der Waals surface area contributed by atoms with Crippen molar-refractivity contribution >= 4 is 0 Å². The molecule has 3 heteroatoms. The van der Waals surface area contributed by atoms with Crippen molar-refractivity contribution in [2.75, 3.05) is 0 Å². The van der Waals surface area contributed by atoms with Gasteiger partial charge in [-0.15, -0.1) is 0 Å². The summed E-state index contributed by atoms with van der Waals surface area (Å²) in [6, 6.07) is 12.1. The van der Waals surface area contributed by atoms with Crippen molar-refractivity contribution in [1.82, 2.24) is 5.43 Å². The van der Waals surface area contributed by atoms with E-state index in [9.17, 15) is 0 Å². The molecule has 0 saturated carbocycles. The zero-order valence-corrected chi connectivity index (χ0v) is 11.1. The summed E-state index contributed by atoms with van der Waals surface area (Å²) < 4.78 is 5.40. The molecule has 1 heterocycles. The Kier molecular flexibility index (Phi) is 3.55. The predicted octanol–water partition coefficient (Wildman–Crippen LogP) is 3.13. The third-order valence-corrected chi connectivity index (χ3v) is 3.10. The standard InChI is InChI=1S/C15H20N2O/c1-15(2,3)12-8-6-11(7-9-12)14(17-16)13-5-4-10-18-13/h4-10,14,17H,16H2,1-3H3. The maximum Gasteiger partial charge on any atom is 0.126 e. The summed E-state index contributed by atoms with van der Waals surface area (Å²) in [6.07, 6.45) is 1.66. The van der Waals surface area contributed by atoms with Crippen molar-refractivity contribution < 1.29 is 4.42 Å². The highest BCUT2D eigenvalue weighted by molar-refractivity contribution is 5.32. The van der Waals surface area contributed by atoms with Crippen LogP contribution in [-0.2, 0) is 5.41 Å². The molecule has 96 valence electrons. The monoisotopic (exact) mass is 244 g/mol. The van der Waals surface area contributed by atoms with Crippen molar-refractivity contribution in [3.63, 3.8) is 0 Å². The molecule has 0 radical (unpaired) electrons. The minimum absolute atomic E-state index is 0.103. The van der Waals surface area contributed by atoms with E-state index >= 15 is 0 Å². The first-order chi connectivity index (χ1) is 8.52. The van der Waals surface area contributed by atoms with Crippen molar-refractivity contribution in [2.45, 2.75) is 32.2 Å². The van der Waals surface area contributed by atoms with Gasteiger partial charge in [0.2, 0.25) is 0 Å². The Labute approximate surface area is 108 Å². The molecule has 18 heavy (non-hydrogen) atoms. The number of hydrazine groups is 1. The molecule has 0 aliphatic rings. The van der Waals surface area contributed by atoms with Crippen LogP contribution in [-0.4, -0.2) is 0 Å². The van der Waals surface area contributed by atoms with E-state index in [0.29, 0.717) is 0 Å². The van der Waals surface area contributed by atoms with E-state index in [4.69, 9.17) is 10.3 Å². The van der Waals surface area contributed by atoms with Crippen LogP contribution >= 0.6 is 0 Å². The second kappa shape index (κ2) is 4.96. The number of nitrogens with two attached hydrogens (primary N) is 1. The Morgan fingerprint density at radius 1 is 1.11 bits per heavy atom. The van der Waals surface area contributed by atoms with Crippen molar-refractivity contribution in [1.29, 1.82) is 0 Å². The fourth-order valence-corrected chi connectivity index (χ4v) is 1.97. The van der Waals surface area contributed by atoms with Gasteiger partial charge < -0.3 is 4.42 Å². The molecule has 0 spiro atoms. The molecule has 0 aliphatic carbocycles. The Morgan fingerprint density at radius 3 is 2.22 bits per heavy atom. The summed E-state index contributed by atoms with van der Waals surface area (Å²) in [6.45, 7) is 6.60. The summed E-state index contributed by atoms with van der Waals surface area (Å²) in [4.78, 5) is 0. The fraction of sp³-hybridized carbons (Fsp3) is 0.333. The van der Waals surface area contributed by atoms with E-state index in [1.54, 1.807) is 6.26 Å². The van der Waals surface area contributed by atoms with Gasteiger partial charge in [-0.3, -0.25) is 5.84 Å². The lowest BCUT2D eigenvalue weighted by Crippen LogP contribution is -2.28. The molecule has 3 N–H and O–H groups in total. The van der Waals surface area contributed by atoms with Gasteiger partial charge in [-0.2, -0.15) is 0 Å². The third-order valence-electron chi connectivity index (χ3n) is 3.10. The molecule has 3 nitrogen and oxygen atoms in total. The van der Waals surface area contributed by atoms with Gasteiger partial charge in [0.15, 0.2) is 0 Å². The summed E-state index contributed by atoms with van der Waals surface area (Å²) in [5.74, 6) is 6.43. The highest BCUT2D eigenvalue weighted by Crippen LogP contribution is 2.26. The molecular weight excluding hydrogens is 224 g/mol. The average Bonchev–Trinajstić information content (AvgIpc) is 2.83. The molecule has 1 unspecified atom stereocenters. The van der Waals surface area contributed by atoms with Gasteiger partial charge in [0.25, 0.3) is 0 Å². The molecule has 1 atom stereocenters. The van der Waals surface area contributed by atoms with Crippen LogP contribution in [0.5, 0.6) is 0 Å². The number of benzene rings is 1. The van der Waals surface area contributed by atoms with E-state index in [1.807, 2.05) is 12.1 Å². The highest BCUT2D eigenvalue weighted by Gasteiger charge is 2.17. The van der Waals surface area contributed by atoms with Crippen LogP contribution in [0.1, 0.15) is 43.7 Å². The predicted molar refractivity (Wildman–Crippen MR) is 73.0 cm³/mol. The summed E-state index contributed by atoms with van der Waals surface area (Å²) >= 11 is 0. The first-order valence-electron chi connectivity index (χ1n) is 6.12. The van der Waals surface area contributed by atoms with E-state index < -0.39 is 0 Å². The molecule has 0 aliphatic heterocycles. The number of furan rings is 1. The molecular formula is C15H20N2O. The van der Waals surface area contributed by atoms with Gasteiger partial charge >= 0.3 is 0 Å². The smallest absolute Gasteiger partial charge is 0.126 e. The summed E-state index contributed by atoms with van der Waals surface area (Å²) in [7, 11) is 0. The molecule has 0 bridgehead atoms. The van der Waals surface area contributed by atoms with Crippen molar-refractivity contribution in [3.8, 4) is 0 Å². The van der Waals surface area contributed by atoms with Crippen LogP contribution in [0.15, 0.2) is 47.1 Å². The molecule has 0 amide bonds. The van der Waals surface area contributed by atoms with Crippen LogP contribution in [0.25, 0.3) is 0 Å². The second-order valence-electron chi connectivity index (χ2n) is 5.49. The minimum Gasteiger partial charge on any atom is -0.467 e. The minimum atomic E-state index is -0.103. The lowest BCUT2D eigenvalue weighted by molar-refractivity contribution is 0.452. The van der Waals surface area contributed by atoms with Gasteiger partial charge in [-0.1, -0.05) is 45.0 Å². The van der Waals surface area contributed by atoms with Crippen LogP contribution < -0.4 is 11.3 Å². The van der Waals surface area contributed by atoms with Gasteiger partial charge in [0.1, 0.15) is 11.8 Å². The Balaban J connectivity index is 2.28. The maximum absolute atomic E-state index is 5.61. The van der Waals surface area contributed by atoms with E-state index in [-0.39, 0.29) is 11.5 Å². The first-order valence-corrected chi connectivity index (χ1v) is 6.12. The zero-order chi connectivity index (χ0) is 13.2. The number of hydrogen-bond acceptors (Lipinski definition) is 3. The van der Waals surface area contributed by atoms with E-state index in [1.165, 1.54) is 5.56 Å². The zero-order valence-electron chi connectivity index (χ0n) is 11.1. The Bertz CT molecular complexity index is 480. The summed E-state index contributed by atoms with van der Waals surface area (Å²) in [5, 5.41) is 0. The lowest BCUT2D eigenvalue weighted by Gasteiger charge is -2.20. The topological polar surface area (TPSA) is 51.2 Å². The molecule has 2 rings (SSSR count). The molecule has 2 aromatic rings. The van der Waals surface area contributed by atoms with Crippen LogP contribution in [0.3, 0.4) is 0 Å². The maximum atomic E-state index is 5.61. The van der Waals surface area contributed by atoms with Crippen LogP contribution in [0.2, 0.25) is 0 Å². The van der Waals surface area contributed by atoms with Crippen molar-refractivity contribution in [2.24, 2.45) is 5.84 Å². The quantitative estimate of drug-likeness (QED) is 0.644. The van der Waals surface area contributed by atoms with E-state index in [2.05, 4.69) is 50.5 Å². The molecule has 0 saturated heterocycles. The normalized spacial score (nSPS) is 13.6. The van der Waals surface area contributed by atoms with Crippen molar-refractivity contribution in [3.05, 3.63) is 59.5 Å². The van der Waals surface area contributed by atoms with Gasteiger partial charge in [0.05, 0.1) is 6.26 Å². The van der Waals surface area contributed by atoms with Gasteiger partial charge in [-0.25, -0.2) is 5.43 Å². The Hall–Kier alpha value is -1.58. The summed E-state index contributed by atoms with van der Waals surface area (Å²) in [5.41, 5.74) is 5.35. The number of nitrogens with one attached hydrogen (secondary N) is 1. The highest BCUT2D eigenvalue weighted by atomic mass is 16.3. The molecule has 1 aromatic heterocycles. The fourth-order valence-electron chi connectivity index (χ4n) is 1.97. The molecule has 1 aromatic carbocycles. The van der Waals surface area contributed by atoms with Gasteiger partial charge in [0, 0.05) is 0 Å². The SMILES string of the molecule is CC(C)(C)c1ccc(C(NN)c2ccco2)cc1. The third kappa shape index (κ3) is 2.63. The van der Waals surface area contributed by atoms with E-state index in [0.717, 1.165) is 11.3 Å². The number of hydrogen-bond donors (Lipinski definition) is 2. The first kappa shape index (κ1) is 12.9. The molecule has 0 fully saturated rings. The Morgan fingerprint density at radius 2 is 1.78 bits per heavy atom. The second-order valence-corrected chi connectivity index (χ2v) is 5.49. The largest absolute Gasteiger partial charge is 0.467 e. The van der Waals surface area contributed by atoms with Crippen LogP contribution in [0.4, 0.5) is 0 Å². The van der Waals surface area contributed by atoms with Gasteiger partial charge in [-0.05, 0) is 28.7 Å². The van der Waals surface area contributed by atoms with Crippen LogP contribution in [0, 0.1) is 0 Å². The number of rotatable bonds is 3. The lowest BCUT2D eigenvalue weighted by atomic mass is 9.86. The average molecular weight is 244 g/mol.